The predicted octanol–water partition coefficient (Wildman–Crippen LogP) is 4.02. The van der Waals surface area contributed by atoms with Crippen molar-refractivity contribution in [2.45, 2.75) is 13.8 Å². The molecule has 0 aliphatic rings. The number of nitrogens with zero attached hydrogens (tertiary/aromatic N) is 1. The molecule has 0 amide bonds. The zero-order valence-corrected chi connectivity index (χ0v) is 10.1. The average molecular weight is 245 g/mol. The van der Waals surface area contributed by atoms with Crippen LogP contribution >= 0.6 is 0 Å². The molecule has 0 aromatic heterocycles. The normalized spacial score (nSPS) is 10.4. The van der Waals surface area contributed by atoms with Crippen molar-refractivity contribution >= 4 is 5.69 Å². The van der Waals surface area contributed by atoms with Gasteiger partial charge >= 0.3 is 0 Å². The highest BCUT2D eigenvalue weighted by molar-refractivity contribution is 5.78. The van der Waals surface area contributed by atoms with Crippen molar-refractivity contribution in [2.75, 3.05) is 0 Å². The number of nitro benzene ring substituents is 1. The van der Waals surface area contributed by atoms with Gasteiger partial charge in [-0.15, -0.1) is 0 Å². The van der Waals surface area contributed by atoms with E-state index in [1.807, 2.05) is 6.92 Å². The van der Waals surface area contributed by atoms with Crippen LogP contribution < -0.4 is 0 Å². The van der Waals surface area contributed by atoms with Gasteiger partial charge in [0.2, 0.25) is 0 Å². The summed E-state index contributed by atoms with van der Waals surface area (Å²) in [5.74, 6) is -0.450. The number of hydrogen-bond acceptors (Lipinski definition) is 2. The van der Waals surface area contributed by atoms with Crippen molar-refractivity contribution in [2.24, 2.45) is 0 Å². The van der Waals surface area contributed by atoms with Gasteiger partial charge in [0, 0.05) is 11.6 Å². The minimum absolute atomic E-state index is 0.0665. The molecule has 0 fully saturated rings. The van der Waals surface area contributed by atoms with E-state index in [1.54, 1.807) is 31.2 Å². The zero-order valence-electron chi connectivity index (χ0n) is 10.1. The molecule has 0 radical (unpaired) electrons. The van der Waals surface area contributed by atoms with E-state index in [9.17, 15) is 14.5 Å². The minimum atomic E-state index is -0.478. The van der Waals surface area contributed by atoms with Crippen LogP contribution in [0.2, 0.25) is 0 Å². The van der Waals surface area contributed by atoms with Crippen molar-refractivity contribution in [3.63, 3.8) is 0 Å². The van der Waals surface area contributed by atoms with E-state index in [2.05, 4.69) is 0 Å². The summed E-state index contributed by atoms with van der Waals surface area (Å²) in [6, 6.07) is 9.20. The summed E-state index contributed by atoms with van der Waals surface area (Å²) >= 11 is 0. The highest BCUT2D eigenvalue weighted by atomic mass is 19.1. The lowest BCUT2D eigenvalue weighted by Crippen LogP contribution is -1.97. The van der Waals surface area contributed by atoms with Crippen LogP contribution in [0.1, 0.15) is 11.1 Å². The molecule has 0 unspecified atom stereocenters. The van der Waals surface area contributed by atoms with Gasteiger partial charge in [0.05, 0.1) is 10.5 Å². The van der Waals surface area contributed by atoms with Gasteiger partial charge in [0.1, 0.15) is 5.82 Å². The van der Waals surface area contributed by atoms with Gasteiger partial charge < -0.3 is 0 Å². The van der Waals surface area contributed by atoms with Crippen molar-refractivity contribution in [1.82, 2.24) is 0 Å². The maximum absolute atomic E-state index is 13.8. The van der Waals surface area contributed by atoms with E-state index < -0.39 is 10.7 Å². The van der Waals surface area contributed by atoms with Crippen molar-refractivity contribution < 1.29 is 9.31 Å². The van der Waals surface area contributed by atoms with Gasteiger partial charge in [-0.3, -0.25) is 10.1 Å². The van der Waals surface area contributed by atoms with Crippen molar-refractivity contribution in [3.05, 3.63) is 63.5 Å². The smallest absolute Gasteiger partial charge is 0.258 e. The fraction of sp³-hybridized carbons (Fsp3) is 0.143. The second kappa shape index (κ2) is 4.56. The first kappa shape index (κ1) is 12.2. The monoisotopic (exact) mass is 245 g/mol. The van der Waals surface area contributed by atoms with Crippen LogP contribution in [-0.2, 0) is 0 Å². The standard InChI is InChI=1S/C14H12FNO2/c1-9-7-8-13(16(17)18)14(10(9)2)11-5-3-4-6-12(11)15/h3-8H,1-2H3. The van der Waals surface area contributed by atoms with Gasteiger partial charge in [0.15, 0.2) is 0 Å². The second-order valence-electron chi connectivity index (χ2n) is 4.14. The molecule has 0 bridgehead atoms. The molecule has 0 heterocycles. The quantitative estimate of drug-likeness (QED) is 0.592. The molecule has 0 aliphatic carbocycles. The Kier molecular flexibility index (Phi) is 3.10. The molecular weight excluding hydrogens is 233 g/mol. The third-order valence-corrected chi connectivity index (χ3v) is 3.05. The van der Waals surface area contributed by atoms with Crippen LogP contribution in [0, 0.1) is 29.8 Å². The van der Waals surface area contributed by atoms with E-state index in [-0.39, 0.29) is 11.3 Å². The largest absolute Gasteiger partial charge is 0.277 e. The molecule has 3 nitrogen and oxygen atoms in total. The molecule has 0 aliphatic heterocycles. The predicted molar refractivity (Wildman–Crippen MR) is 68.0 cm³/mol. The Balaban J connectivity index is 2.81. The van der Waals surface area contributed by atoms with Crippen LogP contribution in [0.15, 0.2) is 36.4 Å². The number of aryl methyl sites for hydroxylation is 1. The van der Waals surface area contributed by atoms with Crippen molar-refractivity contribution in [3.8, 4) is 11.1 Å². The van der Waals surface area contributed by atoms with Gasteiger partial charge in [-0.05, 0) is 31.0 Å². The third kappa shape index (κ3) is 1.97. The molecule has 0 saturated heterocycles. The lowest BCUT2D eigenvalue weighted by molar-refractivity contribution is -0.384. The number of halogens is 1. The van der Waals surface area contributed by atoms with E-state index in [4.69, 9.17) is 0 Å². The van der Waals surface area contributed by atoms with E-state index >= 15 is 0 Å². The Morgan fingerprint density at radius 2 is 1.78 bits per heavy atom. The molecule has 0 saturated carbocycles. The fourth-order valence-electron chi connectivity index (χ4n) is 1.96. The van der Waals surface area contributed by atoms with Gasteiger partial charge in [0.25, 0.3) is 5.69 Å². The minimum Gasteiger partial charge on any atom is -0.258 e. The summed E-state index contributed by atoms with van der Waals surface area (Å²) in [6.07, 6.45) is 0. The second-order valence-corrected chi connectivity index (χ2v) is 4.14. The Labute approximate surface area is 104 Å². The lowest BCUT2D eigenvalue weighted by atomic mass is 9.95. The SMILES string of the molecule is Cc1ccc([N+](=O)[O-])c(-c2ccccc2F)c1C. The van der Waals surface area contributed by atoms with Crippen LogP contribution in [-0.4, -0.2) is 4.92 Å². The van der Waals surface area contributed by atoms with Gasteiger partial charge in [-0.1, -0.05) is 24.3 Å². The van der Waals surface area contributed by atoms with Crippen molar-refractivity contribution in [1.29, 1.82) is 0 Å². The van der Waals surface area contributed by atoms with Crippen LogP contribution in [0.5, 0.6) is 0 Å². The summed E-state index contributed by atoms with van der Waals surface area (Å²) in [7, 11) is 0. The summed E-state index contributed by atoms with van der Waals surface area (Å²) < 4.78 is 13.8. The third-order valence-electron chi connectivity index (χ3n) is 3.05. The van der Waals surface area contributed by atoms with E-state index in [0.29, 0.717) is 5.56 Å². The molecular formula is C14H12FNO2. The maximum Gasteiger partial charge on any atom is 0.277 e. The topological polar surface area (TPSA) is 43.1 Å². The molecule has 0 atom stereocenters. The highest BCUT2D eigenvalue weighted by Crippen LogP contribution is 2.35. The van der Waals surface area contributed by atoms with Crippen LogP contribution in [0.4, 0.5) is 10.1 Å². The van der Waals surface area contributed by atoms with Gasteiger partial charge in [-0.2, -0.15) is 0 Å². The first-order valence-electron chi connectivity index (χ1n) is 5.52. The Morgan fingerprint density at radius 3 is 2.39 bits per heavy atom. The summed E-state index contributed by atoms with van der Waals surface area (Å²) in [5.41, 5.74) is 2.19. The van der Waals surface area contributed by atoms with Crippen LogP contribution in [0.25, 0.3) is 11.1 Å². The first-order chi connectivity index (χ1) is 8.52. The Morgan fingerprint density at radius 1 is 1.11 bits per heavy atom. The molecule has 0 N–H and O–H groups in total. The maximum atomic E-state index is 13.8. The number of hydrogen-bond donors (Lipinski definition) is 0. The lowest BCUT2D eigenvalue weighted by Gasteiger charge is -2.10. The highest BCUT2D eigenvalue weighted by Gasteiger charge is 2.20. The number of rotatable bonds is 2. The van der Waals surface area contributed by atoms with E-state index in [0.717, 1.165) is 11.1 Å². The molecule has 18 heavy (non-hydrogen) atoms. The van der Waals surface area contributed by atoms with Gasteiger partial charge in [-0.25, -0.2) is 4.39 Å². The Bertz CT molecular complexity index is 623. The average Bonchev–Trinajstić information content (AvgIpc) is 2.33. The summed E-state index contributed by atoms with van der Waals surface area (Å²) in [5, 5.41) is 11.1. The number of benzene rings is 2. The first-order valence-corrected chi connectivity index (χ1v) is 5.52. The molecule has 4 heteroatoms. The fourth-order valence-corrected chi connectivity index (χ4v) is 1.96. The van der Waals surface area contributed by atoms with Crippen LogP contribution in [0.3, 0.4) is 0 Å². The molecule has 92 valence electrons. The molecule has 2 aromatic carbocycles. The molecule has 2 rings (SSSR count). The Hall–Kier alpha value is -2.23. The molecule has 0 spiro atoms. The summed E-state index contributed by atoms with van der Waals surface area (Å²) in [6.45, 7) is 3.62. The van der Waals surface area contributed by atoms with E-state index in [1.165, 1.54) is 12.1 Å². The number of nitro groups is 1. The molecule has 2 aromatic rings. The zero-order chi connectivity index (χ0) is 13.3. The summed E-state index contributed by atoms with van der Waals surface area (Å²) in [4.78, 5) is 10.6.